The van der Waals surface area contributed by atoms with Crippen LogP contribution < -0.4 is 10.3 Å². The smallest absolute Gasteiger partial charge is 0.361 e. The summed E-state index contributed by atoms with van der Waals surface area (Å²) in [5.41, 5.74) is -1.35. The first-order valence-corrected chi connectivity index (χ1v) is 10.4. The van der Waals surface area contributed by atoms with Gasteiger partial charge in [-0.1, -0.05) is 30.3 Å². The van der Waals surface area contributed by atoms with Crippen molar-refractivity contribution >= 4 is 32.1 Å². The molecule has 0 aliphatic carbocycles. The highest BCUT2D eigenvalue weighted by Gasteiger charge is 2.34. The second-order valence-electron chi connectivity index (χ2n) is 7.32. The number of piperazine rings is 1. The van der Waals surface area contributed by atoms with Crippen LogP contribution >= 0.6 is 11.3 Å². The Labute approximate surface area is 179 Å². The van der Waals surface area contributed by atoms with E-state index in [2.05, 4.69) is 17.0 Å². The Morgan fingerprint density at radius 2 is 1.71 bits per heavy atom. The molecule has 4 rings (SSSR count). The molecule has 2 heterocycles. The van der Waals surface area contributed by atoms with Crippen LogP contribution in [0.1, 0.15) is 11.1 Å². The van der Waals surface area contributed by atoms with Crippen LogP contribution in [0.25, 0.3) is 10.1 Å². The van der Waals surface area contributed by atoms with E-state index in [-0.39, 0.29) is 10.1 Å². The van der Waals surface area contributed by atoms with Gasteiger partial charge in [0.25, 0.3) is 5.69 Å². The van der Waals surface area contributed by atoms with Crippen molar-refractivity contribution in [2.24, 2.45) is 0 Å². The van der Waals surface area contributed by atoms with Crippen LogP contribution in [0.5, 0.6) is 0 Å². The van der Waals surface area contributed by atoms with Gasteiger partial charge >= 0.3 is 6.18 Å². The molecule has 1 aliphatic rings. The molecule has 2 aromatic carbocycles. The predicted octanol–water partition coefficient (Wildman–Crippen LogP) is 4.51. The predicted molar refractivity (Wildman–Crippen MR) is 114 cm³/mol. The third kappa shape index (κ3) is 4.54. The summed E-state index contributed by atoms with van der Waals surface area (Å²) in [7, 11) is 0. The number of fused-ring (bicyclic) bond motifs is 1. The van der Waals surface area contributed by atoms with E-state index in [1.165, 1.54) is 11.6 Å². The van der Waals surface area contributed by atoms with Gasteiger partial charge in [0.1, 0.15) is 4.70 Å². The number of nitrogens with zero attached hydrogens (tertiary/aromatic N) is 3. The molecule has 1 fully saturated rings. The summed E-state index contributed by atoms with van der Waals surface area (Å²) in [4.78, 5) is 27.4. The van der Waals surface area contributed by atoms with Gasteiger partial charge in [-0.3, -0.25) is 19.8 Å². The van der Waals surface area contributed by atoms with E-state index in [0.717, 1.165) is 31.0 Å². The third-order valence-electron chi connectivity index (χ3n) is 5.25. The highest BCUT2D eigenvalue weighted by molar-refractivity contribution is 7.22. The molecule has 0 saturated carbocycles. The van der Waals surface area contributed by atoms with E-state index >= 15 is 0 Å². The molecule has 31 heavy (non-hydrogen) atoms. The van der Waals surface area contributed by atoms with Gasteiger partial charge in [-0.15, -0.1) is 11.3 Å². The van der Waals surface area contributed by atoms with Crippen molar-refractivity contribution in [2.75, 3.05) is 31.1 Å². The van der Waals surface area contributed by atoms with Crippen LogP contribution in [0.15, 0.2) is 53.3 Å². The topological polar surface area (TPSA) is 66.7 Å². The number of nitro benzene ring substituents is 1. The lowest BCUT2D eigenvalue weighted by Crippen LogP contribution is -2.45. The molecule has 1 aliphatic heterocycles. The second-order valence-corrected chi connectivity index (χ2v) is 8.36. The van der Waals surface area contributed by atoms with Crippen molar-refractivity contribution < 1.29 is 18.1 Å². The van der Waals surface area contributed by atoms with Crippen molar-refractivity contribution in [1.82, 2.24) is 4.90 Å². The van der Waals surface area contributed by atoms with E-state index in [4.69, 9.17) is 0 Å². The van der Waals surface area contributed by atoms with E-state index in [0.29, 0.717) is 30.2 Å². The summed E-state index contributed by atoms with van der Waals surface area (Å²) in [5, 5.41) is 11.7. The summed E-state index contributed by atoms with van der Waals surface area (Å²) in [6.45, 7) is 3.51. The number of benzene rings is 2. The van der Waals surface area contributed by atoms with Crippen LogP contribution in [0, 0.1) is 10.1 Å². The minimum Gasteiger partial charge on any atom is -0.361 e. The van der Waals surface area contributed by atoms with Crippen molar-refractivity contribution in [2.45, 2.75) is 12.7 Å². The Balaban J connectivity index is 1.61. The summed E-state index contributed by atoms with van der Waals surface area (Å²) >= 11 is 0.985. The van der Waals surface area contributed by atoms with Gasteiger partial charge in [0.2, 0.25) is 0 Å². The number of anilines is 1. The molecule has 162 valence electrons. The van der Waals surface area contributed by atoms with Crippen LogP contribution in [-0.4, -0.2) is 36.0 Å². The van der Waals surface area contributed by atoms with Crippen molar-refractivity contribution in [3.8, 4) is 0 Å². The lowest BCUT2D eigenvalue weighted by Gasteiger charge is -2.35. The van der Waals surface area contributed by atoms with Crippen LogP contribution in [0.4, 0.5) is 23.9 Å². The Hall–Kier alpha value is -2.98. The molecule has 0 bridgehead atoms. The molecular formula is C21H18F3N3O3S. The van der Waals surface area contributed by atoms with Gasteiger partial charge in [0.15, 0.2) is 5.43 Å². The van der Waals surface area contributed by atoms with Gasteiger partial charge in [-0.2, -0.15) is 13.2 Å². The Kier molecular flexibility index (Phi) is 5.67. The molecular weight excluding hydrogens is 431 g/mol. The fourth-order valence-electron chi connectivity index (χ4n) is 3.65. The molecule has 1 saturated heterocycles. The molecule has 0 unspecified atom stereocenters. The third-order valence-corrected chi connectivity index (χ3v) is 6.47. The molecule has 0 radical (unpaired) electrons. The van der Waals surface area contributed by atoms with Crippen LogP contribution in [0.2, 0.25) is 0 Å². The van der Waals surface area contributed by atoms with E-state index in [1.807, 2.05) is 23.1 Å². The van der Waals surface area contributed by atoms with Gasteiger partial charge < -0.3 is 4.90 Å². The minimum atomic E-state index is -4.77. The first kappa shape index (κ1) is 21.3. The molecule has 6 nitrogen and oxygen atoms in total. The SMILES string of the molecule is O=c1cc(N2CCN(Cc3ccccc3)CC2)sc2c([N+](=O)[O-])cc(C(F)(F)F)cc12. The molecule has 3 aromatic rings. The molecule has 10 heteroatoms. The summed E-state index contributed by atoms with van der Waals surface area (Å²) in [5.74, 6) is 0. The van der Waals surface area contributed by atoms with E-state index in [9.17, 15) is 28.1 Å². The van der Waals surface area contributed by atoms with Gasteiger partial charge in [-0.25, -0.2) is 0 Å². The molecule has 1 aromatic heterocycles. The summed E-state index contributed by atoms with van der Waals surface area (Å²) in [6.07, 6.45) is -4.77. The summed E-state index contributed by atoms with van der Waals surface area (Å²) in [6, 6.07) is 12.5. The zero-order valence-electron chi connectivity index (χ0n) is 16.3. The average Bonchev–Trinajstić information content (AvgIpc) is 2.73. The maximum atomic E-state index is 13.1. The highest BCUT2D eigenvalue weighted by atomic mass is 32.1. The maximum absolute atomic E-state index is 13.1. The fraction of sp³-hybridized carbons (Fsp3) is 0.286. The standard InChI is InChI=1S/C21H18F3N3O3S/c22-21(23,24)15-10-16-18(28)12-19(31-20(16)17(11-15)27(29)30)26-8-6-25(7-9-26)13-14-4-2-1-3-5-14/h1-5,10-12H,6-9,13H2. The Morgan fingerprint density at radius 1 is 1.03 bits per heavy atom. The zero-order chi connectivity index (χ0) is 22.2. The lowest BCUT2D eigenvalue weighted by atomic mass is 10.1. The van der Waals surface area contributed by atoms with Crippen molar-refractivity contribution in [3.05, 3.63) is 80.0 Å². The molecule has 0 N–H and O–H groups in total. The maximum Gasteiger partial charge on any atom is 0.416 e. The lowest BCUT2D eigenvalue weighted by molar-refractivity contribution is -0.383. The number of hydrogen-bond acceptors (Lipinski definition) is 6. The Bertz CT molecular complexity index is 1170. The first-order valence-electron chi connectivity index (χ1n) is 9.57. The normalized spacial score (nSPS) is 15.4. The second kappa shape index (κ2) is 8.27. The first-order chi connectivity index (χ1) is 14.7. The number of hydrogen-bond donors (Lipinski definition) is 0. The molecule has 0 spiro atoms. The van der Waals surface area contributed by atoms with E-state index < -0.39 is 27.8 Å². The van der Waals surface area contributed by atoms with Crippen LogP contribution in [0.3, 0.4) is 0 Å². The highest BCUT2D eigenvalue weighted by Crippen LogP contribution is 2.39. The zero-order valence-corrected chi connectivity index (χ0v) is 17.1. The van der Waals surface area contributed by atoms with Crippen molar-refractivity contribution in [1.29, 1.82) is 0 Å². The largest absolute Gasteiger partial charge is 0.416 e. The van der Waals surface area contributed by atoms with Gasteiger partial charge in [-0.05, 0) is 11.6 Å². The monoisotopic (exact) mass is 449 g/mol. The van der Waals surface area contributed by atoms with E-state index in [1.54, 1.807) is 0 Å². The van der Waals surface area contributed by atoms with Gasteiger partial charge in [0, 0.05) is 50.2 Å². The summed E-state index contributed by atoms with van der Waals surface area (Å²) < 4.78 is 39.3. The molecule has 0 amide bonds. The average molecular weight is 449 g/mol. The van der Waals surface area contributed by atoms with Crippen molar-refractivity contribution in [3.63, 3.8) is 0 Å². The fourth-order valence-corrected chi connectivity index (χ4v) is 4.85. The number of rotatable bonds is 4. The number of non-ortho nitro benzene ring substituents is 1. The number of halogens is 3. The Morgan fingerprint density at radius 3 is 2.32 bits per heavy atom. The van der Waals surface area contributed by atoms with Crippen LogP contribution in [-0.2, 0) is 12.7 Å². The number of nitro groups is 1. The molecule has 0 atom stereocenters. The number of alkyl halides is 3. The van der Waals surface area contributed by atoms with Gasteiger partial charge in [0.05, 0.1) is 15.5 Å². The minimum absolute atomic E-state index is 0.0350. The quantitative estimate of drug-likeness (QED) is 0.433.